The summed E-state index contributed by atoms with van der Waals surface area (Å²) in [6.45, 7) is 4.20. The zero-order chi connectivity index (χ0) is 11.9. The number of hydrogen-bond donors (Lipinski definition) is 1. The van der Waals surface area contributed by atoms with Gasteiger partial charge in [0.05, 0.1) is 13.2 Å². The van der Waals surface area contributed by atoms with E-state index < -0.39 is 0 Å². The van der Waals surface area contributed by atoms with Crippen molar-refractivity contribution in [3.8, 4) is 11.8 Å². The molecule has 0 saturated carbocycles. The molecule has 1 aromatic carbocycles. The largest absolute Gasteiger partial charge is 0.378 e. The molecule has 1 saturated heterocycles. The fraction of sp³-hybridized carbons (Fsp3) is 0.429. The van der Waals surface area contributed by atoms with Crippen molar-refractivity contribution in [2.24, 2.45) is 5.73 Å². The molecule has 2 N–H and O–H groups in total. The summed E-state index contributed by atoms with van der Waals surface area (Å²) in [6, 6.07) is 8.37. The van der Waals surface area contributed by atoms with E-state index >= 15 is 0 Å². The fourth-order valence-electron chi connectivity index (χ4n) is 1.81. The molecule has 17 heavy (non-hydrogen) atoms. The third-order valence-corrected chi connectivity index (χ3v) is 2.75. The Bertz CT molecular complexity index is 396. The van der Waals surface area contributed by atoms with Crippen molar-refractivity contribution in [1.29, 1.82) is 0 Å². The van der Waals surface area contributed by atoms with Crippen molar-refractivity contribution in [2.75, 3.05) is 37.7 Å². The van der Waals surface area contributed by atoms with Crippen LogP contribution in [-0.2, 0) is 4.74 Å². The van der Waals surface area contributed by atoms with E-state index in [1.807, 2.05) is 0 Å². The van der Waals surface area contributed by atoms with E-state index in [4.69, 9.17) is 10.5 Å². The van der Waals surface area contributed by atoms with Crippen molar-refractivity contribution < 1.29 is 4.74 Å². The highest BCUT2D eigenvalue weighted by molar-refractivity contribution is 5.50. The molecular formula is C14H18N2O. The molecule has 3 nitrogen and oxygen atoms in total. The van der Waals surface area contributed by atoms with Gasteiger partial charge in [0.2, 0.25) is 0 Å². The van der Waals surface area contributed by atoms with E-state index in [-0.39, 0.29) is 0 Å². The zero-order valence-electron chi connectivity index (χ0n) is 9.98. The predicted molar refractivity (Wildman–Crippen MR) is 70.0 cm³/mol. The van der Waals surface area contributed by atoms with Gasteiger partial charge in [-0.25, -0.2) is 0 Å². The molecule has 3 heteroatoms. The van der Waals surface area contributed by atoms with E-state index in [1.54, 1.807) is 0 Å². The first-order valence-electron chi connectivity index (χ1n) is 6.02. The first-order chi connectivity index (χ1) is 8.40. The normalized spacial score (nSPS) is 15.2. The molecule has 0 amide bonds. The Morgan fingerprint density at radius 3 is 2.53 bits per heavy atom. The van der Waals surface area contributed by atoms with Crippen molar-refractivity contribution in [3.05, 3.63) is 29.8 Å². The highest BCUT2D eigenvalue weighted by Crippen LogP contribution is 2.16. The summed E-state index contributed by atoms with van der Waals surface area (Å²) in [6.07, 6.45) is 0.755. The third-order valence-electron chi connectivity index (χ3n) is 2.75. The van der Waals surface area contributed by atoms with Gasteiger partial charge in [-0.15, -0.1) is 0 Å². The Balaban J connectivity index is 2.00. The Kier molecular flexibility index (Phi) is 4.43. The summed E-state index contributed by atoms with van der Waals surface area (Å²) in [5.74, 6) is 6.14. The van der Waals surface area contributed by atoms with Crippen molar-refractivity contribution in [3.63, 3.8) is 0 Å². The monoisotopic (exact) mass is 230 g/mol. The van der Waals surface area contributed by atoms with E-state index in [2.05, 4.69) is 41.0 Å². The molecule has 0 atom stereocenters. The minimum absolute atomic E-state index is 0.624. The van der Waals surface area contributed by atoms with Crippen molar-refractivity contribution in [2.45, 2.75) is 6.42 Å². The summed E-state index contributed by atoms with van der Waals surface area (Å²) in [4.78, 5) is 2.33. The second-order valence-electron chi connectivity index (χ2n) is 3.99. The smallest absolute Gasteiger partial charge is 0.0642 e. The molecule has 0 radical (unpaired) electrons. The molecule has 1 aliphatic heterocycles. The lowest BCUT2D eigenvalue weighted by atomic mass is 10.2. The van der Waals surface area contributed by atoms with Gasteiger partial charge in [-0.1, -0.05) is 11.8 Å². The summed E-state index contributed by atoms with van der Waals surface area (Å²) in [7, 11) is 0. The maximum atomic E-state index is 5.39. The van der Waals surface area contributed by atoms with E-state index in [9.17, 15) is 0 Å². The molecule has 1 aliphatic rings. The van der Waals surface area contributed by atoms with Crippen LogP contribution in [0.2, 0.25) is 0 Å². The standard InChI is InChI=1S/C14H18N2O/c15-8-2-1-3-13-4-6-14(7-5-13)16-9-11-17-12-10-16/h4-7H,2,8-12,15H2. The van der Waals surface area contributed by atoms with Gasteiger partial charge in [-0.2, -0.15) is 0 Å². The van der Waals surface area contributed by atoms with Gasteiger partial charge in [0.15, 0.2) is 0 Å². The number of morpholine rings is 1. The topological polar surface area (TPSA) is 38.5 Å². The number of nitrogens with zero attached hydrogens (tertiary/aromatic N) is 1. The molecule has 0 unspecified atom stereocenters. The average Bonchev–Trinajstić information content (AvgIpc) is 2.41. The molecular weight excluding hydrogens is 212 g/mol. The van der Waals surface area contributed by atoms with Crippen molar-refractivity contribution in [1.82, 2.24) is 0 Å². The van der Waals surface area contributed by atoms with Gasteiger partial charge in [0, 0.05) is 37.3 Å². The van der Waals surface area contributed by atoms with Gasteiger partial charge < -0.3 is 15.4 Å². The average molecular weight is 230 g/mol. The zero-order valence-corrected chi connectivity index (χ0v) is 9.98. The van der Waals surface area contributed by atoms with Gasteiger partial charge in [-0.3, -0.25) is 0 Å². The summed E-state index contributed by atoms with van der Waals surface area (Å²) >= 11 is 0. The van der Waals surface area contributed by atoms with Gasteiger partial charge in [-0.05, 0) is 24.3 Å². The number of benzene rings is 1. The van der Waals surface area contributed by atoms with Crippen LogP contribution in [0.5, 0.6) is 0 Å². The Labute approximate surface area is 103 Å². The van der Waals surface area contributed by atoms with Gasteiger partial charge >= 0.3 is 0 Å². The van der Waals surface area contributed by atoms with Crippen LogP contribution in [0.1, 0.15) is 12.0 Å². The minimum atomic E-state index is 0.624. The van der Waals surface area contributed by atoms with Crippen LogP contribution >= 0.6 is 0 Å². The quantitative estimate of drug-likeness (QED) is 0.776. The van der Waals surface area contributed by atoms with E-state index in [0.29, 0.717) is 6.54 Å². The van der Waals surface area contributed by atoms with Crippen LogP contribution in [0.3, 0.4) is 0 Å². The fourth-order valence-corrected chi connectivity index (χ4v) is 1.81. The number of rotatable bonds is 2. The maximum absolute atomic E-state index is 5.39. The molecule has 1 aromatic rings. The lowest BCUT2D eigenvalue weighted by Crippen LogP contribution is -2.36. The number of nitrogens with two attached hydrogens (primary N) is 1. The van der Waals surface area contributed by atoms with Gasteiger partial charge in [0.1, 0.15) is 0 Å². The first-order valence-corrected chi connectivity index (χ1v) is 6.02. The molecule has 0 aromatic heterocycles. The third kappa shape index (κ3) is 3.48. The minimum Gasteiger partial charge on any atom is -0.378 e. The van der Waals surface area contributed by atoms with Crippen molar-refractivity contribution >= 4 is 5.69 Å². The SMILES string of the molecule is NCCC#Cc1ccc(N2CCOCC2)cc1. The van der Waals surface area contributed by atoms with E-state index in [1.165, 1.54) is 5.69 Å². The molecule has 2 rings (SSSR count). The van der Waals surface area contributed by atoms with Gasteiger partial charge in [0.25, 0.3) is 0 Å². The lowest BCUT2D eigenvalue weighted by Gasteiger charge is -2.28. The van der Waals surface area contributed by atoms with Crippen LogP contribution in [0.15, 0.2) is 24.3 Å². The maximum Gasteiger partial charge on any atom is 0.0642 e. The molecule has 1 heterocycles. The van der Waals surface area contributed by atoms with Crippen LogP contribution in [0.25, 0.3) is 0 Å². The van der Waals surface area contributed by atoms with E-state index in [0.717, 1.165) is 38.3 Å². The second-order valence-corrected chi connectivity index (χ2v) is 3.99. The molecule has 0 bridgehead atoms. The van der Waals surface area contributed by atoms with Crippen LogP contribution < -0.4 is 10.6 Å². The molecule has 1 fully saturated rings. The predicted octanol–water partition coefficient (Wildman–Crippen LogP) is 1.22. The highest BCUT2D eigenvalue weighted by Gasteiger charge is 2.10. The lowest BCUT2D eigenvalue weighted by molar-refractivity contribution is 0.122. The number of hydrogen-bond acceptors (Lipinski definition) is 3. The summed E-state index contributed by atoms with van der Waals surface area (Å²) in [5, 5.41) is 0. The molecule has 0 aliphatic carbocycles. The number of anilines is 1. The first kappa shape index (κ1) is 12.0. The van der Waals surface area contributed by atoms with Crippen LogP contribution in [0, 0.1) is 11.8 Å². The second kappa shape index (κ2) is 6.29. The number of ether oxygens (including phenoxy) is 1. The molecule has 0 spiro atoms. The Morgan fingerprint density at radius 2 is 1.88 bits per heavy atom. The van der Waals surface area contributed by atoms with Crippen LogP contribution in [-0.4, -0.2) is 32.8 Å². The van der Waals surface area contributed by atoms with Crippen LogP contribution in [0.4, 0.5) is 5.69 Å². The molecule has 90 valence electrons. The summed E-state index contributed by atoms with van der Waals surface area (Å²) in [5.41, 5.74) is 7.69. The summed E-state index contributed by atoms with van der Waals surface area (Å²) < 4.78 is 5.33. The Hall–Kier alpha value is -1.50. The highest BCUT2D eigenvalue weighted by atomic mass is 16.5. The Morgan fingerprint density at radius 1 is 1.18 bits per heavy atom.